The van der Waals surface area contributed by atoms with Crippen LogP contribution in [-0.4, -0.2) is 0 Å². The van der Waals surface area contributed by atoms with Gasteiger partial charge in [-0.1, -0.05) is 206 Å². The van der Waals surface area contributed by atoms with Crippen molar-refractivity contribution in [2.75, 3.05) is 9.80 Å². The molecule has 1 aliphatic rings. The number of hydrogen-bond acceptors (Lipinski definition) is 3. The number of benzene rings is 11. The maximum Gasteiger partial charge on any atom is 0.0640 e. The third-order valence-electron chi connectivity index (χ3n) is 14.2. The van der Waals surface area contributed by atoms with Gasteiger partial charge in [-0.15, -0.1) is 11.3 Å². The zero-order valence-electron chi connectivity index (χ0n) is 39.1. The van der Waals surface area contributed by atoms with Crippen LogP contribution in [0.4, 0.5) is 34.1 Å². The molecule has 0 N–H and O–H groups in total. The van der Waals surface area contributed by atoms with Crippen LogP contribution in [0.1, 0.15) is 22.6 Å². The molecule has 3 heteroatoms. The summed E-state index contributed by atoms with van der Waals surface area (Å²) in [5.41, 5.74) is 20.6. The zero-order valence-corrected chi connectivity index (χ0v) is 39.9. The molecule has 11 aromatic carbocycles. The van der Waals surface area contributed by atoms with Crippen LogP contribution in [0.25, 0.3) is 64.7 Å². The molecular weight excluding hydrogens is 877 g/mol. The molecule has 0 bridgehead atoms. The molecule has 0 amide bonds. The van der Waals surface area contributed by atoms with Crippen molar-refractivity contribution < 1.29 is 0 Å². The minimum absolute atomic E-state index is 0.355. The van der Waals surface area contributed by atoms with E-state index >= 15 is 0 Å². The van der Waals surface area contributed by atoms with Crippen molar-refractivity contribution in [1.82, 2.24) is 0 Å². The smallest absolute Gasteiger partial charge is 0.0640 e. The normalized spacial score (nSPS) is 11.9. The highest BCUT2D eigenvalue weighted by atomic mass is 32.1. The van der Waals surface area contributed by atoms with Crippen molar-refractivity contribution in [3.63, 3.8) is 0 Å². The standard InChI is InChI=1S/C68H48N2S/c1-3-17-48(18-4-1)52-21-13-23-55(44-52)69(56-24-14-22-53(45-56)49-19-5-2-6-20-49)57-25-15-26-58(46-57)70(66-33-16-32-64-63-31-11-12-34-67(63)71-68(64)66)54-41-39-51(40-42-54)50-37-35-47(36-38-50)43-65-61-29-9-7-27-59(61)60-28-8-10-30-62(60)65/h1-42,44-46,65H,43H2. The lowest BCUT2D eigenvalue weighted by Gasteiger charge is -2.30. The predicted octanol–water partition coefficient (Wildman–Crippen LogP) is 19.4. The number of fused-ring (bicyclic) bond motifs is 6. The topological polar surface area (TPSA) is 6.48 Å². The molecule has 0 aliphatic heterocycles. The fraction of sp³-hybridized carbons (Fsp3) is 0.0294. The summed E-state index contributed by atoms with van der Waals surface area (Å²) in [6.45, 7) is 0. The molecule has 13 rings (SSSR count). The van der Waals surface area contributed by atoms with Gasteiger partial charge in [0.05, 0.1) is 10.4 Å². The van der Waals surface area contributed by atoms with Gasteiger partial charge >= 0.3 is 0 Å². The number of nitrogens with zero attached hydrogens (tertiary/aromatic N) is 2. The number of anilines is 6. The minimum Gasteiger partial charge on any atom is -0.310 e. The molecule has 1 heterocycles. The van der Waals surface area contributed by atoms with Crippen LogP contribution >= 0.6 is 11.3 Å². The van der Waals surface area contributed by atoms with Gasteiger partial charge in [-0.05, 0) is 134 Å². The lowest BCUT2D eigenvalue weighted by Crippen LogP contribution is -2.13. The average Bonchev–Trinajstić information content (AvgIpc) is 3.98. The minimum atomic E-state index is 0.355. The number of rotatable bonds is 11. The maximum absolute atomic E-state index is 2.45. The van der Waals surface area contributed by atoms with E-state index in [0.29, 0.717) is 5.92 Å². The predicted molar refractivity (Wildman–Crippen MR) is 302 cm³/mol. The fourth-order valence-corrected chi connectivity index (χ4v) is 12.0. The summed E-state index contributed by atoms with van der Waals surface area (Å²) >= 11 is 1.86. The van der Waals surface area contributed by atoms with Gasteiger partial charge in [-0.3, -0.25) is 0 Å². The number of hydrogen-bond donors (Lipinski definition) is 0. The van der Waals surface area contributed by atoms with Crippen LogP contribution < -0.4 is 9.80 Å². The highest BCUT2D eigenvalue weighted by Crippen LogP contribution is 2.48. The van der Waals surface area contributed by atoms with Gasteiger partial charge in [0.1, 0.15) is 0 Å². The summed E-state index contributed by atoms with van der Waals surface area (Å²) in [6, 6.07) is 100.0. The Morgan fingerprint density at radius 1 is 0.310 bits per heavy atom. The van der Waals surface area contributed by atoms with Crippen LogP contribution in [0.2, 0.25) is 0 Å². The first-order valence-corrected chi connectivity index (χ1v) is 25.3. The van der Waals surface area contributed by atoms with Crippen molar-refractivity contribution in [3.05, 3.63) is 290 Å². The second-order valence-corrected chi connectivity index (χ2v) is 19.5. The summed E-state index contributed by atoms with van der Waals surface area (Å²) in [5, 5.41) is 2.55. The SMILES string of the molecule is c1ccc(-c2cccc(N(c3cccc(-c4ccccc4)c3)c3cccc(N(c4ccc(-c5ccc(CC6c7ccccc7-c7ccccc76)cc5)cc4)c4cccc5c4sc4ccccc45)c3)c2)cc1. The second kappa shape index (κ2) is 18.3. The third-order valence-corrected chi connectivity index (χ3v) is 15.4. The molecule has 0 saturated carbocycles. The lowest BCUT2D eigenvalue weighted by molar-refractivity contribution is 0.827. The molecule has 0 atom stereocenters. The molecule has 2 nitrogen and oxygen atoms in total. The van der Waals surface area contributed by atoms with Gasteiger partial charge in [-0.25, -0.2) is 0 Å². The molecule has 71 heavy (non-hydrogen) atoms. The quantitative estimate of drug-likeness (QED) is 0.128. The lowest BCUT2D eigenvalue weighted by atomic mass is 9.89. The molecule has 12 aromatic rings. The first kappa shape index (κ1) is 42.4. The van der Waals surface area contributed by atoms with Crippen molar-refractivity contribution in [2.45, 2.75) is 12.3 Å². The summed E-state index contributed by atoms with van der Waals surface area (Å²) in [6.07, 6.45) is 0.971. The van der Waals surface area contributed by atoms with Crippen molar-refractivity contribution in [2.24, 2.45) is 0 Å². The Balaban J connectivity index is 0.899. The van der Waals surface area contributed by atoms with Gasteiger partial charge in [-0.2, -0.15) is 0 Å². The Kier molecular flexibility index (Phi) is 10.9. The monoisotopic (exact) mass is 924 g/mol. The van der Waals surface area contributed by atoms with Crippen LogP contribution in [-0.2, 0) is 6.42 Å². The van der Waals surface area contributed by atoms with E-state index in [1.165, 1.54) is 81.4 Å². The highest BCUT2D eigenvalue weighted by Gasteiger charge is 2.28. The zero-order chi connectivity index (χ0) is 47.1. The third kappa shape index (κ3) is 7.97. The molecule has 0 fully saturated rings. The van der Waals surface area contributed by atoms with Crippen LogP contribution in [0.5, 0.6) is 0 Å². The molecule has 1 aromatic heterocycles. The first-order valence-electron chi connectivity index (χ1n) is 24.5. The second-order valence-electron chi connectivity index (χ2n) is 18.5. The largest absolute Gasteiger partial charge is 0.310 e. The molecule has 1 aliphatic carbocycles. The summed E-state index contributed by atoms with van der Waals surface area (Å²) in [5.74, 6) is 0.355. The van der Waals surface area contributed by atoms with Crippen molar-refractivity contribution in [3.8, 4) is 44.5 Å². The van der Waals surface area contributed by atoms with Gasteiger partial charge in [0, 0.05) is 49.8 Å². The van der Waals surface area contributed by atoms with E-state index in [1.54, 1.807) is 0 Å². The Morgan fingerprint density at radius 2 is 0.761 bits per heavy atom. The van der Waals surface area contributed by atoms with Gasteiger partial charge < -0.3 is 9.80 Å². The van der Waals surface area contributed by atoms with Crippen molar-refractivity contribution in [1.29, 1.82) is 0 Å². The summed E-state index contributed by atoms with van der Waals surface area (Å²) in [4.78, 5) is 4.85. The first-order chi connectivity index (χ1) is 35.2. The average molecular weight is 925 g/mol. The van der Waals surface area contributed by atoms with Crippen LogP contribution in [0, 0.1) is 0 Å². The van der Waals surface area contributed by atoms with E-state index in [2.05, 4.69) is 283 Å². The molecule has 0 unspecified atom stereocenters. The van der Waals surface area contributed by atoms with Crippen LogP contribution in [0.15, 0.2) is 273 Å². The Labute approximate surface area is 419 Å². The highest BCUT2D eigenvalue weighted by molar-refractivity contribution is 7.26. The fourth-order valence-electron chi connectivity index (χ4n) is 10.8. The van der Waals surface area contributed by atoms with Crippen LogP contribution in [0.3, 0.4) is 0 Å². The van der Waals surface area contributed by atoms with Crippen molar-refractivity contribution >= 4 is 65.6 Å². The van der Waals surface area contributed by atoms with Gasteiger partial charge in [0.15, 0.2) is 0 Å². The van der Waals surface area contributed by atoms with Gasteiger partial charge in [0.2, 0.25) is 0 Å². The molecule has 0 spiro atoms. The molecule has 336 valence electrons. The number of thiophene rings is 1. The van der Waals surface area contributed by atoms with E-state index in [4.69, 9.17) is 0 Å². The van der Waals surface area contributed by atoms with E-state index in [9.17, 15) is 0 Å². The Hall–Kier alpha value is -8.76. The Morgan fingerprint density at radius 3 is 1.38 bits per heavy atom. The Bertz CT molecular complexity index is 3730. The molecule has 0 radical (unpaired) electrons. The maximum atomic E-state index is 2.45. The summed E-state index contributed by atoms with van der Waals surface area (Å²) < 4.78 is 2.54. The van der Waals surface area contributed by atoms with E-state index in [-0.39, 0.29) is 0 Å². The van der Waals surface area contributed by atoms with E-state index in [1.807, 2.05) is 11.3 Å². The van der Waals surface area contributed by atoms with Gasteiger partial charge in [0.25, 0.3) is 0 Å². The van der Waals surface area contributed by atoms with E-state index in [0.717, 1.165) is 40.5 Å². The molecule has 0 saturated heterocycles. The summed E-state index contributed by atoms with van der Waals surface area (Å²) in [7, 11) is 0. The molecular formula is C68H48N2S. The van der Waals surface area contributed by atoms with E-state index < -0.39 is 0 Å².